The minimum absolute atomic E-state index is 0.245. The number of likely N-dealkylation sites (N-methyl/N-ethyl adjacent to an activating group) is 1. The highest BCUT2D eigenvalue weighted by atomic mass is 16.5. The van der Waals surface area contributed by atoms with Crippen LogP contribution >= 0.6 is 0 Å². The van der Waals surface area contributed by atoms with Crippen LogP contribution in [0.2, 0.25) is 0 Å². The smallest absolute Gasteiger partial charge is 0.330 e. The largest absolute Gasteiger partial charge is 0.467 e. The number of nitrogens with one attached hydrogen (secondary N) is 1. The van der Waals surface area contributed by atoms with E-state index in [-0.39, 0.29) is 5.97 Å². The summed E-state index contributed by atoms with van der Waals surface area (Å²) < 4.78 is 5.01. The maximum absolute atomic E-state index is 12.3. The molecular weight excluding hydrogens is 240 g/mol. The van der Waals surface area contributed by atoms with Crippen molar-refractivity contribution in [3.05, 3.63) is 35.9 Å². The van der Waals surface area contributed by atoms with Gasteiger partial charge in [0.2, 0.25) is 0 Å². The Balaban J connectivity index is 3.05. The molecule has 0 saturated heterocycles. The van der Waals surface area contributed by atoms with Gasteiger partial charge < -0.3 is 15.0 Å². The second-order valence-corrected chi connectivity index (χ2v) is 4.66. The zero-order valence-corrected chi connectivity index (χ0v) is 12.3. The highest BCUT2D eigenvalue weighted by Gasteiger charge is 2.39. The minimum Gasteiger partial charge on any atom is -0.467 e. The zero-order valence-electron chi connectivity index (χ0n) is 12.3. The summed E-state index contributed by atoms with van der Waals surface area (Å²) in [7, 11) is 5.28. The molecule has 0 aliphatic heterocycles. The molecule has 1 N–H and O–H groups in total. The van der Waals surface area contributed by atoms with E-state index in [1.165, 1.54) is 7.11 Å². The fourth-order valence-electron chi connectivity index (χ4n) is 2.15. The lowest BCUT2D eigenvalue weighted by atomic mass is 9.86. The van der Waals surface area contributed by atoms with Gasteiger partial charge in [-0.2, -0.15) is 0 Å². The summed E-state index contributed by atoms with van der Waals surface area (Å²) in [6, 6.07) is 9.74. The second kappa shape index (κ2) is 7.26. The van der Waals surface area contributed by atoms with Crippen LogP contribution < -0.4 is 5.32 Å². The van der Waals surface area contributed by atoms with Crippen molar-refractivity contribution >= 4 is 5.97 Å². The molecule has 0 aliphatic rings. The molecule has 0 amide bonds. The van der Waals surface area contributed by atoms with Crippen LogP contribution in [0.15, 0.2) is 30.3 Å². The minimum atomic E-state index is -0.778. The summed E-state index contributed by atoms with van der Waals surface area (Å²) in [5, 5.41) is 3.16. The summed E-state index contributed by atoms with van der Waals surface area (Å²) in [5.41, 5.74) is 0.160. The van der Waals surface area contributed by atoms with Gasteiger partial charge in [0.05, 0.1) is 7.11 Å². The third-order valence-electron chi connectivity index (χ3n) is 3.64. The van der Waals surface area contributed by atoms with Gasteiger partial charge in [-0.25, -0.2) is 4.79 Å². The van der Waals surface area contributed by atoms with Crippen LogP contribution in [0.4, 0.5) is 0 Å². The van der Waals surface area contributed by atoms with Crippen LogP contribution in [-0.2, 0) is 15.1 Å². The summed E-state index contributed by atoms with van der Waals surface area (Å²) in [6.45, 7) is 3.87. The summed E-state index contributed by atoms with van der Waals surface area (Å²) >= 11 is 0. The molecule has 0 fully saturated rings. The number of rotatable bonds is 7. The molecule has 106 valence electrons. The van der Waals surface area contributed by atoms with Crippen molar-refractivity contribution < 1.29 is 9.53 Å². The van der Waals surface area contributed by atoms with Crippen molar-refractivity contribution in [2.75, 3.05) is 34.3 Å². The Kier molecular flexibility index (Phi) is 5.99. The maximum Gasteiger partial charge on any atom is 0.330 e. The SMILES string of the molecule is CCN(C)CCC(NC)(C(=O)OC)c1ccccc1. The highest BCUT2D eigenvalue weighted by molar-refractivity contribution is 5.82. The van der Waals surface area contributed by atoms with Gasteiger partial charge in [-0.1, -0.05) is 37.3 Å². The average molecular weight is 264 g/mol. The number of carbonyl (C=O) groups is 1. The first-order valence-corrected chi connectivity index (χ1v) is 6.62. The fourth-order valence-corrected chi connectivity index (χ4v) is 2.15. The number of benzene rings is 1. The Morgan fingerprint density at radius 1 is 1.37 bits per heavy atom. The molecule has 1 atom stereocenters. The molecule has 0 aromatic heterocycles. The van der Waals surface area contributed by atoms with E-state index in [1.807, 2.05) is 37.4 Å². The number of hydrogen-bond acceptors (Lipinski definition) is 4. The topological polar surface area (TPSA) is 41.6 Å². The Morgan fingerprint density at radius 3 is 2.47 bits per heavy atom. The van der Waals surface area contributed by atoms with Crippen molar-refractivity contribution in [1.29, 1.82) is 0 Å². The molecule has 0 aliphatic carbocycles. The maximum atomic E-state index is 12.3. The standard InChI is InChI=1S/C15H24N2O2/c1-5-17(3)12-11-15(16-2,14(18)19-4)13-9-7-6-8-10-13/h6-10,16H,5,11-12H2,1-4H3. The number of methoxy groups -OCH3 is 1. The molecule has 1 rings (SSSR count). The number of hydrogen-bond donors (Lipinski definition) is 1. The molecular formula is C15H24N2O2. The van der Waals surface area contributed by atoms with E-state index in [1.54, 1.807) is 7.05 Å². The molecule has 0 spiro atoms. The summed E-state index contributed by atoms with van der Waals surface area (Å²) in [4.78, 5) is 14.4. The van der Waals surface area contributed by atoms with E-state index >= 15 is 0 Å². The first kappa shape index (κ1) is 15.7. The lowest BCUT2D eigenvalue weighted by molar-refractivity contribution is -0.149. The lowest BCUT2D eigenvalue weighted by Crippen LogP contribution is -2.50. The Bertz CT molecular complexity index is 394. The van der Waals surface area contributed by atoms with Crippen LogP contribution in [0.3, 0.4) is 0 Å². The van der Waals surface area contributed by atoms with Crippen LogP contribution in [-0.4, -0.2) is 45.2 Å². The zero-order chi connectivity index (χ0) is 14.3. The van der Waals surface area contributed by atoms with Crippen LogP contribution in [0.1, 0.15) is 18.9 Å². The van der Waals surface area contributed by atoms with E-state index in [2.05, 4.69) is 17.1 Å². The third kappa shape index (κ3) is 3.55. The Hall–Kier alpha value is -1.39. The molecule has 1 aromatic rings. The van der Waals surface area contributed by atoms with Crippen molar-refractivity contribution in [3.63, 3.8) is 0 Å². The Morgan fingerprint density at radius 2 is 2.00 bits per heavy atom. The molecule has 4 nitrogen and oxygen atoms in total. The van der Waals surface area contributed by atoms with Gasteiger partial charge in [-0.3, -0.25) is 0 Å². The van der Waals surface area contributed by atoms with Gasteiger partial charge >= 0.3 is 5.97 Å². The second-order valence-electron chi connectivity index (χ2n) is 4.66. The quantitative estimate of drug-likeness (QED) is 0.760. The molecule has 0 radical (unpaired) electrons. The summed E-state index contributed by atoms with van der Waals surface area (Å²) in [5.74, 6) is -0.245. The summed E-state index contributed by atoms with van der Waals surface area (Å²) in [6.07, 6.45) is 0.671. The van der Waals surface area contributed by atoms with Crippen molar-refractivity contribution in [2.24, 2.45) is 0 Å². The van der Waals surface area contributed by atoms with Gasteiger partial charge in [0, 0.05) is 6.54 Å². The number of carbonyl (C=O) groups excluding carboxylic acids is 1. The van der Waals surface area contributed by atoms with Gasteiger partial charge in [0.15, 0.2) is 0 Å². The molecule has 0 saturated carbocycles. The van der Waals surface area contributed by atoms with Gasteiger partial charge in [0.1, 0.15) is 5.54 Å². The first-order chi connectivity index (χ1) is 9.10. The van der Waals surface area contributed by atoms with Crippen molar-refractivity contribution in [3.8, 4) is 0 Å². The molecule has 19 heavy (non-hydrogen) atoms. The molecule has 4 heteroatoms. The molecule has 0 heterocycles. The van der Waals surface area contributed by atoms with Crippen LogP contribution in [0.5, 0.6) is 0 Å². The van der Waals surface area contributed by atoms with Gasteiger partial charge in [-0.15, -0.1) is 0 Å². The number of nitrogens with zero attached hydrogens (tertiary/aromatic N) is 1. The molecule has 0 bridgehead atoms. The van der Waals surface area contributed by atoms with Crippen molar-refractivity contribution in [2.45, 2.75) is 18.9 Å². The molecule has 1 aromatic carbocycles. The lowest BCUT2D eigenvalue weighted by Gasteiger charge is -2.32. The predicted octanol–water partition coefficient (Wildman–Crippen LogP) is 1.62. The van der Waals surface area contributed by atoms with E-state index in [4.69, 9.17) is 4.74 Å². The fraction of sp³-hybridized carbons (Fsp3) is 0.533. The van der Waals surface area contributed by atoms with Crippen molar-refractivity contribution in [1.82, 2.24) is 10.2 Å². The van der Waals surface area contributed by atoms with Crippen LogP contribution in [0.25, 0.3) is 0 Å². The van der Waals surface area contributed by atoms with E-state index in [0.717, 1.165) is 18.7 Å². The predicted molar refractivity (Wildman–Crippen MR) is 77.0 cm³/mol. The van der Waals surface area contributed by atoms with Crippen LogP contribution in [0, 0.1) is 0 Å². The van der Waals surface area contributed by atoms with E-state index < -0.39 is 5.54 Å². The number of esters is 1. The van der Waals surface area contributed by atoms with Gasteiger partial charge in [-0.05, 0) is 32.6 Å². The third-order valence-corrected chi connectivity index (χ3v) is 3.64. The monoisotopic (exact) mass is 264 g/mol. The van der Waals surface area contributed by atoms with E-state index in [9.17, 15) is 4.79 Å². The highest BCUT2D eigenvalue weighted by Crippen LogP contribution is 2.26. The normalized spacial score (nSPS) is 14.2. The van der Waals surface area contributed by atoms with Gasteiger partial charge in [0.25, 0.3) is 0 Å². The van der Waals surface area contributed by atoms with E-state index in [0.29, 0.717) is 6.42 Å². The number of ether oxygens (including phenoxy) is 1. The Labute approximate surface area is 115 Å². The molecule has 1 unspecified atom stereocenters. The first-order valence-electron chi connectivity index (χ1n) is 6.62. The average Bonchev–Trinajstić information content (AvgIpc) is 2.48.